The van der Waals surface area contributed by atoms with Crippen LogP contribution in [0.1, 0.15) is 39.0 Å². The van der Waals surface area contributed by atoms with Crippen LogP contribution >= 0.6 is 11.6 Å². The third-order valence-electron chi connectivity index (χ3n) is 6.01. The Bertz CT molecular complexity index is 608. The second kappa shape index (κ2) is 12.3. The maximum absolute atomic E-state index is 12.8. The van der Waals surface area contributed by atoms with Crippen LogP contribution in [-0.4, -0.2) is 84.2 Å². The third kappa shape index (κ3) is 7.72. The zero-order chi connectivity index (χ0) is 21.2. The molecular formula is C21H36ClN5O2. The first-order valence-corrected chi connectivity index (χ1v) is 11.1. The summed E-state index contributed by atoms with van der Waals surface area (Å²) in [6.07, 6.45) is 8.49. The fraction of sp³-hybridized carbons (Fsp3) is 0.762. The van der Waals surface area contributed by atoms with Gasteiger partial charge in [-0.05, 0) is 44.6 Å². The minimum absolute atomic E-state index is 0.154. The van der Waals surface area contributed by atoms with Gasteiger partial charge in [0.15, 0.2) is 0 Å². The molecule has 0 bridgehead atoms. The van der Waals surface area contributed by atoms with Gasteiger partial charge in [-0.25, -0.2) is 9.97 Å². The minimum Gasteiger partial charge on any atom is -0.395 e. The average Bonchev–Trinajstić information content (AvgIpc) is 2.75. The van der Waals surface area contributed by atoms with E-state index >= 15 is 0 Å². The van der Waals surface area contributed by atoms with Gasteiger partial charge >= 0.3 is 0 Å². The van der Waals surface area contributed by atoms with Gasteiger partial charge in [-0.15, -0.1) is 0 Å². The topological polar surface area (TPSA) is 72.8 Å². The van der Waals surface area contributed by atoms with E-state index in [1.165, 1.54) is 0 Å². The summed E-state index contributed by atoms with van der Waals surface area (Å²) in [5.41, 5.74) is 0. The van der Waals surface area contributed by atoms with Crippen molar-refractivity contribution in [3.05, 3.63) is 17.4 Å². The summed E-state index contributed by atoms with van der Waals surface area (Å²) in [6.45, 7) is 6.24. The van der Waals surface area contributed by atoms with Gasteiger partial charge in [-0.1, -0.05) is 18.5 Å². The molecule has 1 amide bonds. The molecule has 1 saturated carbocycles. The normalized spacial score (nSPS) is 19.4. The van der Waals surface area contributed by atoms with E-state index in [4.69, 9.17) is 16.7 Å². The van der Waals surface area contributed by atoms with Crippen molar-refractivity contribution in [2.24, 2.45) is 11.8 Å². The number of aliphatic hydroxyl groups is 1. The number of halogens is 1. The van der Waals surface area contributed by atoms with Gasteiger partial charge in [-0.3, -0.25) is 9.69 Å². The molecule has 1 aliphatic rings. The number of likely N-dealkylation sites (N-methyl/N-ethyl adjacent to an activating group) is 2. The predicted molar refractivity (Wildman–Crippen MR) is 117 cm³/mol. The summed E-state index contributed by atoms with van der Waals surface area (Å²) < 4.78 is 0. The molecule has 1 fully saturated rings. The van der Waals surface area contributed by atoms with Gasteiger partial charge in [0.05, 0.1) is 24.0 Å². The number of rotatable bonds is 11. The van der Waals surface area contributed by atoms with E-state index in [1.54, 1.807) is 12.4 Å². The summed E-state index contributed by atoms with van der Waals surface area (Å²) in [7, 11) is 3.91. The molecule has 29 heavy (non-hydrogen) atoms. The monoisotopic (exact) mass is 425 g/mol. The highest BCUT2D eigenvalue weighted by atomic mass is 35.5. The standard InChI is InChI=1S/C21H36ClN5O2/c1-4-27(13-14-28)12-11-25(2)20(29)18-7-5-17(6-8-18)9-10-26(3)21-23-15-19(22)16-24-21/h15-18,28H,4-14H2,1-3H3. The second-order valence-corrected chi connectivity index (χ2v) is 8.48. The first-order chi connectivity index (χ1) is 13.9. The van der Waals surface area contributed by atoms with Crippen LogP contribution in [0.15, 0.2) is 12.4 Å². The zero-order valence-electron chi connectivity index (χ0n) is 18.1. The summed E-state index contributed by atoms with van der Waals surface area (Å²) in [5.74, 6) is 1.78. The van der Waals surface area contributed by atoms with Crippen LogP contribution in [0.3, 0.4) is 0 Å². The van der Waals surface area contributed by atoms with Gasteiger partial charge < -0.3 is 14.9 Å². The second-order valence-electron chi connectivity index (χ2n) is 8.05. The SMILES string of the molecule is CCN(CCO)CCN(C)C(=O)C1CCC(CCN(C)c2ncc(Cl)cn2)CC1. The van der Waals surface area contributed by atoms with Crippen molar-refractivity contribution in [3.8, 4) is 0 Å². The Labute approximate surface area is 180 Å². The summed E-state index contributed by atoms with van der Waals surface area (Å²) in [5, 5.41) is 9.63. The third-order valence-corrected chi connectivity index (χ3v) is 6.20. The lowest BCUT2D eigenvalue weighted by Crippen LogP contribution is -2.40. The number of nitrogens with zero attached hydrogens (tertiary/aromatic N) is 5. The lowest BCUT2D eigenvalue weighted by Gasteiger charge is -2.32. The Hall–Kier alpha value is -1.44. The summed E-state index contributed by atoms with van der Waals surface area (Å²) in [6, 6.07) is 0. The van der Waals surface area contributed by atoms with E-state index in [-0.39, 0.29) is 18.4 Å². The number of aliphatic hydroxyl groups excluding tert-OH is 1. The van der Waals surface area contributed by atoms with Crippen molar-refractivity contribution >= 4 is 23.5 Å². The molecule has 0 aliphatic heterocycles. The molecule has 0 aromatic carbocycles. The maximum Gasteiger partial charge on any atom is 0.225 e. The molecule has 164 valence electrons. The van der Waals surface area contributed by atoms with Crippen molar-refractivity contribution in [3.63, 3.8) is 0 Å². The molecule has 8 heteroatoms. The van der Waals surface area contributed by atoms with Crippen LogP contribution in [0, 0.1) is 11.8 Å². The average molecular weight is 426 g/mol. The molecule has 0 radical (unpaired) electrons. The molecule has 0 spiro atoms. The number of hydrogen-bond acceptors (Lipinski definition) is 6. The molecule has 0 atom stereocenters. The molecule has 0 saturated heterocycles. The van der Waals surface area contributed by atoms with Crippen molar-refractivity contribution in [2.75, 3.05) is 58.3 Å². The smallest absolute Gasteiger partial charge is 0.225 e. The number of hydrogen-bond donors (Lipinski definition) is 1. The molecular weight excluding hydrogens is 390 g/mol. The van der Waals surface area contributed by atoms with Crippen LogP contribution in [0.4, 0.5) is 5.95 Å². The number of carbonyl (C=O) groups is 1. The number of aromatic nitrogens is 2. The highest BCUT2D eigenvalue weighted by Gasteiger charge is 2.28. The molecule has 2 rings (SSSR count). The van der Waals surface area contributed by atoms with Crippen LogP contribution in [-0.2, 0) is 4.79 Å². The maximum atomic E-state index is 12.8. The lowest BCUT2D eigenvalue weighted by atomic mass is 9.80. The van der Waals surface area contributed by atoms with E-state index in [2.05, 4.69) is 26.7 Å². The van der Waals surface area contributed by atoms with Crippen molar-refractivity contribution in [1.82, 2.24) is 19.8 Å². The molecule has 7 nitrogen and oxygen atoms in total. The molecule has 1 aromatic rings. The molecule has 1 N–H and O–H groups in total. The first-order valence-electron chi connectivity index (χ1n) is 10.7. The van der Waals surface area contributed by atoms with E-state index in [9.17, 15) is 4.79 Å². The Morgan fingerprint density at radius 2 is 1.76 bits per heavy atom. The molecule has 0 unspecified atom stereocenters. The zero-order valence-corrected chi connectivity index (χ0v) is 18.8. The number of anilines is 1. The van der Waals surface area contributed by atoms with Crippen molar-refractivity contribution < 1.29 is 9.90 Å². The highest BCUT2D eigenvalue weighted by molar-refractivity contribution is 6.30. The molecule has 1 heterocycles. The van der Waals surface area contributed by atoms with Crippen LogP contribution in [0.5, 0.6) is 0 Å². The lowest BCUT2D eigenvalue weighted by molar-refractivity contribution is -0.135. The Morgan fingerprint density at radius 1 is 1.10 bits per heavy atom. The predicted octanol–water partition coefficient (Wildman–Crippen LogP) is 2.54. The van der Waals surface area contributed by atoms with E-state index in [1.807, 2.05) is 19.0 Å². The van der Waals surface area contributed by atoms with Crippen LogP contribution < -0.4 is 4.90 Å². The largest absolute Gasteiger partial charge is 0.395 e. The Kier molecular flexibility index (Phi) is 10.1. The highest BCUT2D eigenvalue weighted by Crippen LogP contribution is 2.32. The van der Waals surface area contributed by atoms with Crippen molar-refractivity contribution in [2.45, 2.75) is 39.0 Å². The van der Waals surface area contributed by atoms with Crippen molar-refractivity contribution in [1.29, 1.82) is 0 Å². The fourth-order valence-corrected chi connectivity index (χ4v) is 4.06. The first kappa shape index (κ1) is 23.8. The summed E-state index contributed by atoms with van der Waals surface area (Å²) >= 11 is 5.85. The van der Waals surface area contributed by atoms with Crippen LogP contribution in [0.25, 0.3) is 0 Å². The Balaban J connectivity index is 1.69. The van der Waals surface area contributed by atoms with E-state index < -0.39 is 0 Å². The fourth-order valence-electron chi connectivity index (χ4n) is 3.96. The van der Waals surface area contributed by atoms with Gasteiger partial charge in [0.25, 0.3) is 0 Å². The van der Waals surface area contributed by atoms with Gasteiger partial charge in [0, 0.05) is 46.2 Å². The molecule has 1 aromatic heterocycles. The molecule has 1 aliphatic carbocycles. The van der Waals surface area contributed by atoms with Gasteiger partial charge in [0.1, 0.15) is 0 Å². The van der Waals surface area contributed by atoms with Gasteiger partial charge in [0.2, 0.25) is 11.9 Å². The number of carbonyl (C=O) groups excluding carboxylic acids is 1. The van der Waals surface area contributed by atoms with E-state index in [0.29, 0.717) is 23.4 Å². The van der Waals surface area contributed by atoms with Gasteiger partial charge in [-0.2, -0.15) is 0 Å². The quantitative estimate of drug-likeness (QED) is 0.587. The summed E-state index contributed by atoms with van der Waals surface area (Å²) in [4.78, 5) is 27.4. The number of amides is 1. The van der Waals surface area contributed by atoms with Crippen LogP contribution in [0.2, 0.25) is 5.02 Å². The Morgan fingerprint density at radius 3 is 2.34 bits per heavy atom. The van der Waals surface area contributed by atoms with E-state index in [0.717, 1.165) is 58.3 Å². The minimum atomic E-state index is 0.154.